The van der Waals surface area contributed by atoms with Crippen molar-refractivity contribution in [2.45, 2.75) is 5.75 Å². The van der Waals surface area contributed by atoms with Crippen LogP contribution in [-0.2, 0) is 10.5 Å². The Morgan fingerprint density at radius 3 is 2.57 bits per heavy atom. The van der Waals surface area contributed by atoms with Gasteiger partial charge in [0.2, 0.25) is 5.91 Å². The van der Waals surface area contributed by atoms with Gasteiger partial charge < -0.3 is 0 Å². The minimum absolute atomic E-state index is 0.0932. The highest BCUT2D eigenvalue weighted by molar-refractivity contribution is 9.10. The minimum Gasteiger partial charge on any atom is -0.272 e. The second-order valence-electron chi connectivity index (χ2n) is 4.32. The molecule has 108 valence electrons. The van der Waals surface area contributed by atoms with Gasteiger partial charge in [0.05, 0.1) is 12.0 Å². The summed E-state index contributed by atoms with van der Waals surface area (Å²) in [6.07, 6.45) is 1.64. The highest BCUT2D eigenvalue weighted by Gasteiger charge is 2.00. The number of hydrazone groups is 1. The Balaban J connectivity index is 1.68. The summed E-state index contributed by atoms with van der Waals surface area (Å²) in [5.74, 6) is 1.11. The molecule has 0 aromatic heterocycles. The molecule has 1 amide bonds. The SMILES string of the molecule is O=C(CSCc1ccc(Br)cc1)N/N=C\c1ccccc1. The third-order valence-electron chi connectivity index (χ3n) is 2.62. The maximum absolute atomic E-state index is 11.6. The summed E-state index contributed by atoms with van der Waals surface area (Å²) in [6, 6.07) is 17.7. The molecule has 1 N–H and O–H groups in total. The Morgan fingerprint density at radius 1 is 1.14 bits per heavy atom. The Labute approximate surface area is 137 Å². The minimum atomic E-state index is -0.0932. The van der Waals surface area contributed by atoms with Gasteiger partial charge in [-0.05, 0) is 23.3 Å². The average molecular weight is 363 g/mol. The number of carbonyl (C=O) groups excluding carboxylic acids is 1. The van der Waals surface area contributed by atoms with E-state index in [0.717, 1.165) is 15.8 Å². The molecule has 0 radical (unpaired) electrons. The first kappa shape index (κ1) is 15.8. The van der Waals surface area contributed by atoms with Crippen LogP contribution >= 0.6 is 27.7 Å². The molecule has 0 saturated carbocycles. The lowest BCUT2D eigenvalue weighted by Gasteiger charge is -2.01. The molecule has 0 saturated heterocycles. The van der Waals surface area contributed by atoms with Crippen molar-refractivity contribution in [1.29, 1.82) is 0 Å². The molecule has 2 aromatic rings. The average Bonchev–Trinajstić information content (AvgIpc) is 2.50. The van der Waals surface area contributed by atoms with Crippen LogP contribution in [0.1, 0.15) is 11.1 Å². The molecule has 0 bridgehead atoms. The zero-order valence-corrected chi connectivity index (χ0v) is 13.7. The molecule has 21 heavy (non-hydrogen) atoms. The van der Waals surface area contributed by atoms with E-state index in [1.807, 2.05) is 54.6 Å². The van der Waals surface area contributed by atoms with E-state index in [-0.39, 0.29) is 5.91 Å². The molecule has 0 fully saturated rings. The molecule has 2 rings (SSSR count). The lowest BCUT2D eigenvalue weighted by Crippen LogP contribution is -2.19. The fourth-order valence-electron chi connectivity index (χ4n) is 1.59. The Hall–Kier alpha value is -1.59. The van der Waals surface area contributed by atoms with Crippen molar-refractivity contribution in [3.05, 3.63) is 70.2 Å². The van der Waals surface area contributed by atoms with Gasteiger partial charge in [0.15, 0.2) is 0 Å². The number of thioether (sulfide) groups is 1. The fourth-order valence-corrected chi connectivity index (χ4v) is 2.64. The predicted molar refractivity (Wildman–Crippen MR) is 92.5 cm³/mol. The summed E-state index contributed by atoms with van der Waals surface area (Å²) in [4.78, 5) is 11.6. The number of nitrogens with zero attached hydrogens (tertiary/aromatic N) is 1. The van der Waals surface area contributed by atoms with E-state index >= 15 is 0 Å². The third kappa shape index (κ3) is 6.14. The van der Waals surface area contributed by atoms with Gasteiger partial charge in [-0.2, -0.15) is 5.10 Å². The fraction of sp³-hybridized carbons (Fsp3) is 0.125. The van der Waals surface area contributed by atoms with Crippen LogP contribution in [0.3, 0.4) is 0 Å². The Morgan fingerprint density at radius 2 is 1.86 bits per heavy atom. The van der Waals surface area contributed by atoms with E-state index in [2.05, 4.69) is 26.5 Å². The first-order valence-electron chi connectivity index (χ1n) is 6.43. The normalized spacial score (nSPS) is 10.7. The smallest absolute Gasteiger partial charge is 0.250 e. The van der Waals surface area contributed by atoms with Crippen LogP contribution in [0.2, 0.25) is 0 Å². The standard InChI is InChI=1S/C16H15BrN2OS/c17-15-8-6-14(7-9-15)11-21-12-16(20)19-18-10-13-4-2-1-3-5-13/h1-10H,11-12H2,(H,19,20)/b18-10-. The molecule has 0 unspecified atom stereocenters. The molecule has 0 heterocycles. The number of halogens is 1. The number of amides is 1. The molecular weight excluding hydrogens is 348 g/mol. The van der Waals surface area contributed by atoms with Crippen molar-refractivity contribution in [1.82, 2.24) is 5.43 Å². The quantitative estimate of drug-likeness (QED) is 0.626. The summed E-state index contributed by atoms with van der Waals surface area (Å²) >= 11 is 4.96. The van der Waals surface area contributed by atoms with E-state index in [4.69, 9.17) is 0 Å². The van der Waals surface area contributed by atoms with Gasteiger partial charge in [-0.3, -0.25) is 4.79 Å². The molecule has 3 nitrogen and oxygen atoms in total. The second kappa shape index (κ2) is 8.64. The summed E-state index contributed by atoms with van der Waals surface area (Å²) in [6.45, 7) is 0. The van der Waals surface area contributed by atoms with Gasteiger partial charge in [-0.15, -0.1) is 11.8 Å². The monoisotopic (exact) mass is 362 g/mol. The lowest BCUT2D eigenvalue weighted by atomic mass is 10.2. The number of nitrogens with one attached hydrogen (secondary N) is 1. The summed E-state index contributed by atoms with van der Waals surface area (Å²) < 4.78 is 1.06. The second-order valence-corrected chi connectivity index (χ2v) is 6.22. The van der Waals surface area contributed by atoms with Crippen molar-refractivity contribution in [3.63, 3.8) is 0 Å². The molecular formula is C16H15BrN2OS. The molecule has 0 spiro atoms. The predicted octanol–water partition coefficient (Wildman–Crippen LogP) is 3.83. The number of hydrogen-bond acceptors (Lipinski definition) is 3. The number of hydrogen-bond donors (Lipinski definition) is 1. The van der Waals surface area contributed by atoms with Crippen molar-refractivity contribution in [2.75, 3.05) is 5.75 Å². The Bertz CT molecular complexity index is 599. The third-order valence-corrected chi connectivity index (χ3v) is 4.15. The Kier molecular flexibility index (Phi) is 6.50. The van der Waals surface area contributed by atoms with Gasteiger partial charge in [0.25, 0.3) is 0 Å². The van der Waals surface area contributed by atoms with Gasteiger partial charge in [0, 0.05) is 10.2 Å². The highest BCUT2D eigenvalue weighted by atomic mass is 79.9. The van der Waals surface area contributed by atoms with Gasteiger partial charge in [-0.1, -0.05) is 58.4 Å². The van der Waals surface area contributed by atoms with Crippen LogP contribution in [0.25, 0.3) is 0 Å². The van der Waals surface area contributed by atoms with Crippen LogP contribution in [0.5, 0.6) is 0 Å². The molecule has 0 atom stereocenters. The maximum Gasteiger partial charge on any atom is 0.250 e. The van der Waals surface area contributed by atoms with E-state index in [0.29, 0.717) is 5.75 Å². The molecule has 2 aromatic carbocycles. The van der Waals surface area contributed by atoms with Crippen molar-refractivity contribution >= 4 is 39.8 Å². The zero-order valence-electron chi connectivity index (χ0n) is 11.3. The largest absolute Gasteiger partial charge is 0.272 e. The van der Waals surface area contributed by atoms with E-state index in [9.17, 15) is 4.79 Å². The summed E-state index contributed by atoms with van der Waals surface area (Å²) in [5.41, 5.74) is 4.69. The molecule has 0 aliphatic carbocycles. The highest BCUT2D eigenvalue weighted by Crippen LogP contribution is 2.15. The van der Waals surface area contributed by atoms with Crippen LogP contribution in [0.4, 0.5) is 0 Å². The molecule has 5 heteroatoms. The molecule has 0 aliphatic heterocycles. The van der Waals surface area contributed by atoms with Gasteiger partial charge in [-0.25, -0.2) is 5.43 Å². The number of rotatable bonds is 6. The van der Waals surface area contributed by atoms with Crippen molar-refractivity contribution in [3.8, 4) is 0 Å². The maximum atomic E-state index is 11.6. The van der Waals surface area contributed by atoms with Crippen LogP contribution in [-0.4, -0.2) is 17.9 Å². The van der Waals surface area contributed by atoms with Crippen LogP contribution in [0.15, 0.2) is 64.2 Å². The van der Waals surface area contributed by atoms with E-state index in [1.165, 1.54) is 5.56 Å². The lowest BCUT2D eigenvalue weighted by molar-refractivity contribution is -0.118. The van der Waals surface area contributed by atoms with Crippen molar-refractivity contribution < 1.29 is 4.79 Å². The van der Waals surface area contributed by atoms with Crippen LogP contribution in [0, 0.1) is 0 Å². The first-order chi connectivity index (χ1) is 10.2. The van der Waals surface area contributed by atoms with Gasteiger partial charge >= 0.3 is 0 Å². The molecule has 0 aliphatic rings. The van der Waals surface area contributed by atoms with Crippen LogP contribution < -0.4 is 5.43 Å². The van der Waals surface area contributed by atoms with Crippen molar-refractivity contribution in [2.24, 2.45) is 5.10 Å². The number of carbonyl (C=O) groups is 1. The first-order valence-corrected chi connectivity index (χ1v) is 8.38. The zero-order chi connectivity index (χ0) is 14.9. The van der Waals surface area contributed by atoms with E-state index < -0.39 is 0 Å². The van der Waals surface area contributed by atoms with E-state index in [1.54, 1.807) is 18.0 Å². The van der Waals surface area contributed by atoms with Gasteiger partial charge in [0.1, 0.15) is 0 Å². The topological polar surface area (TPSA) is 41.5 Å². The number of benzene rings is 2. The summed E-state index contributed by atoms with van der Waals surface area (Å²) in [5, 5.41) is 3.93. The summed E-state index contributed by atoms with van der Waals surface area (Å²) in [7, 11) is 0.